The monoisotopic (exact) mass is 275 g/mol. The summed E-state index contributed by atoms with van der Waals surface area (Å²) in [7, 11) is -0.939. The smallest absolute Gasteiger partial charge is 0.310 e. The van der Waals surface area contributed by atoms with E-state index in [-0.39, 0.29) is 12.3 Å². The Hall–Kier alpha value is -0.910. The van der Waals surface area contributed by atoms with Crippen molar-refractivity contribution in [3.05, 3.63) is 0 Å². The highest BCUT2D eigenvalue weighted by Crippen LogP contribution is 2.39. The SMILES string of the molecule is CS(=O)CCNC(=O)CC1(C(=O)O)CCCCC1. The Morgan fingerprint density at radius 1 is 1.28 bits per heavy atom. The summed E-state index contributed by atoms with van der Waals surface area (Å²) in [6.07, 6.45) is 5.57. The number of rotatable bonds is 6. The van der Waals surface area contributed by atoms with E-state index in [4.69, 9.17) is 0 Å². The summed E-state index contributed by atoms with van der Waals surface area (Å²) in [5, 5.41) is 12.0. The van der Waals surface area contributed by atoms with E-state index >= 15 is 0 Å². The van der Waals surface area contributed by atoms with Crippen LogP contribution in [-0.4, -0.2) is 39.7 Å². The van der Waals surface area contributed by atoms with Gasteiger partial charge in [-0.2, -0.15) is 0 Å². The fraction of sp³-hybridized carbons (Fsp3) is 0.833. The molecule has 1 saturated carbocycles. The molecule has 0 heterocycles. The van der Waals surface area contributed by atoms with Gasteiger partial charge in [0.15, 0.2) is 0 Å². The number of aliphatic carboxylic acids is 1. The minimum absolute atomic E-state index is 0.0404. The lowest BCUT2D eigenvalue weighted by Gasteiger charge is -2.32. The number of hydrogen-bond donors (Lipinski definition) is 2. The second kappa shape index (κ2) is 6.87. The van der Waals surface area contributed by atoms with Crippen LogP contribution in [0.1, 0.15) is 38.5 Å². The molecular weight excluding hydrogens is 254 g/mol. The van der Waals surface area contributed by atoms with Crippen LogP contribution in [0.3, 0.4) is 0 Å². The topological polar surface area (TPSA) is 83.5 Å². The largest absolute Gasteiger partial charge is 0.481 e. The van der Waals surface area contributed by atoms with E-state index in [2.05, 4.69) is 5.32 Å². The van der Waals surface area contributed by atoms with Crippen molar-refractivity contribution in [3.8, 4) is 0 Å². The highest BCUT2D eigenvalue weighted by molar-refractivity contribution is 7.84. The Balaban J connectivity index is 2.48. The zero-order valence-corrected chi connectivity index (χ0v) is 11.6. The average molecular weight is 275 g/mol. The van der Waals surface area contributed by atoms with Gasteiger partial charge in [0, 0.05) is 35.8 Å². The molecule has 1 fully saturated rings. The molecule has 0 spiro atoms. The number of carboxylic acids is 1. The van der Waals surface area contributed by atoms with Gasteiger partial charge in [-0.05, 0) is 12.8 Å². The van der Waals surface area contributed by atoms with Gasteiger partial charge in [-0.15, -0.1) is 0 Å². The van der Waals surface area contributed by atoms with Gasteiger partial charge in [0.05, 0.1) is 5.41 Å². The zero-order chi connectivity index (χ0) is 13.6. The molecule has 0 aromatic rings. The summed E-state index contributed by atoms with van der Waals surface area (Å²) < 4.78 is 10.9. The lowest BCUT2D eigenvalue weighted by atomic mass is 9.71. The van der Waals surface area contributed by atoms with Crippen molar-refractivity contribution >= 4 is 22.7 Å². The molecule has 104 valence electrons. The van der Waals surface area contributed by atoms with E-state index in [9.17, 15) is 18.9 Å². The molecule has 1 rings (SSSR count). The molecule has 1 aliphatic carbocycles. The number of carbonyl (C=O) groups is 2. The van der Waals surface area contributed by atoms with E-state index < -0.39 is 22.2 Å². The third-order valence-electron chi connectivity index (χ3n) is 3.47. The molecule has 0 bridgehead atoms. The maximum atomic E-state index is 11.7. The fourth-order valence-electron chi connectivity index (χ4n) is 2.40. The van der Waals surface area contributed by atoms with Gasteiger partial charge in [0.2, 0.25) is 5.91 Å². The van der Waals surface area contributed by atoms with Crippen molar-refractivity contribution in [1.82, 2.24) is 5.32 Å². The second-order valence-corrected chi connectivity index (χ2v) is 6.50. The molecule has 18 heavy (non-hydrogen) atoms. The first-order valence-electron chi connectivity index (χ1n) is 6.26. The maximum Gasteiger partial charge on any atom is 0.310 e. The number of carbonyl (C=O) groups excluding carboxylic acids is 1. The summed E-state index contributed by atoms with van der Waals surface area (Å²) in [5.41, 5.74) is -0.881. The van der Waals surface area contributed by atoms with E-state index in [1.165, 1.54) is 0 Å². The standard InChI is InChI=1S/C12H21NO4S/c1-18(17)8-7-13-10(14)9-12(11(15)16)5-3-2-4-6-12/h2-9H2,1H3,(H,13,14)(H,15,16). The Kier molecular flexibility index (Phi) is 5.78. The van der Waals surface area contributed by atoms with E-state index in [0.29, 0.717) is 25.1 Å². The molecule has 0 radical (unpaired) electrons. The normalized spacial score (nSPS) is 20.1. The van der Waals surface area contributed by atoms with Gasteiger partial charge in [-0.25, -0.2) is 0 Å². The van der Waals surface area contributed by atoms with Crippen LogP contribution in [0.2, 0.25) is 0 Å². The molecule has 1 atom stereocenters. The van der Waals surface area contributed by atoms with Crippen molar-refractivity contribution in [1.29, 1.82) is 0 Å². The number of nitrogens with one attached hydrogen (secondary N) is 1. The Morgan fingerprint density at radius 3 is 2.39 bits per heavy atom. The van der Waals surface area contributed by atoms with Crippen LogP contribution < -0.4 is 5.32 Å². The van der Waals surface area contributed by atoms with Crippen molar-refractivity contribution in [2.45, 2.75) is 38.5 Å². The molecule has 1 amide bonds. The molecule has 0 saturated heterocycles. The van der Waals surface area contributed by atoms with Crippen LogP contribution in [0, 0.1) is 5.41 Å². The average Bonchev–Trinajstić information content (AvgIpc) is 2.29. The highest BCUT2D eigenvalue weighted by atomic mass is 32.2. The molecule has 0 aromatic heterocycles. The van der Waals surface area contributed by atoms with Crippen LogP contribution in [0.5, 0.6) is 0 Å². The second-order valence-electron chi connectivity index (χ2n) is 4.95. The molecule has 0 aliphatic heterocycles. The molecule has 6 heteroatoms. The molecule has 0 aromatic carbocycles. The lowest BCUT2D eigenvalue weighted by Crippen LogP contribution is -2.39. The van der Waals surface area contributed by atoms with Gasteiger partial charge in [0.1, 0.15) is 0 Å². The van der Waals surface area contributed by atoms with E-state index in [1.54, 1.807) is 6.26 Å². The van der Waals surface area contributed by atoms with Crippen LogP contribution in [0.4, 0.5) is 0 Å². The Labute approximate surface area is 110 Å². The van der Waals surface area contributed by atoms with Crippen LogP contribution >= 0.6 is 0 Å². The van der Waals surface area contributed by atoms with Gasteiger partial charge in [-0.1, -0.05) is 19.3 Å². The number of amides is 1. The minimum atomic E-state index is -0.939. The van der Waals surface area contributed by atoms with Crippen molar-refractivity contribution in [2.75, 3.05) is 18.6 Å². The third kappa shape index (κ3) is 4.40. The van der Waals surface area contributed by atoms with Gasteiger partial charge >= 0.3 is 5.97 Å². The first-order valence-corrected chi connectivity index (χ1v) is 7.99. The summed E-state index contributed by atoms with van der Waals surface area (Å²) >= 11 is 0. The fourth-order valence-corrected chi connectivity index (χ4v) is 2.79. The summed E-state index contributed by atoms with van der Waals surface area (Å²) in [4.78, 5) is 23.1. The zero-order valence-electron chi connectivity index (χ0n) is 10.7. The van der Waals surface area contributed by atoms with Crippen LogP contribution in [0.15, 0.2) is 0 Å². The number of hydrogen-bond acceptors (Lipinski definition) is 3. The van der Waals surface area contributed by atoms with E-state index in [0.717, 1.165) is 19.3 Å². The van der Waals surface area contributed by atoms with Crippen molar-refractivity contribution in [2.24, 2.45) is 5.41 Å². The molecule has 2 N–H and O–H groups in total. The van der Waals surface area contributed by atoms with E-state index in [1.807, 2.05) is 0 Å². The first-order chi connectivity index (χ1) is 8.46. The number of carboxylic acid groups (broad SMARTS) is 1. The van der Waals surface area contributed by atoms with Gasteiger partial charge < -0.3 is 10.4 Å². The lowest BCUT2D eigenvalue weighted by molar-refractivity contribution is -0.154. The van der Waals surface area contributed by atoms with Crippen LogP contribution in [0.25, 0.3) is 0 Å². The highest BCUT2D eigenvalue weighted by Gasteiger charge is 2.41. The summed E-state index contributed by atoms with van der Waals surface area (Å²) in [6, 6.07) is 0. The predicted molar refractivity (Wildman–Crippen MR) is 69.7 cm³/mol. The Morgan fingerprint density at radius 2 is 1.89 bits per heavy atom. The minimum Gasteiger partial charge on any atom is -0.481 e. The quantitative estimate of drug-likeness (QED) is 0.754. The molecular formula is C12H21NO4S. The first kappa shape index (κ1) is 15.1. The third-order valence-corrected chi connectivity index (χ3v) is 4.25. The Bertz CT molecular complexity index is 337. The van der Waals surface area contributed by atoms with Gasteiger partial charge in [-0.3, -0.25) is 13.8 Å². The van der Waals surface area contributed by atoms with Crippen molar-refractivity contribution in [3.63, 3.8) is 0 Å². The maximum absolute atomic E-state index is 11.7. The summed E-state index contributed by atoms with van der Waals surface area (Å²) in [6.45, 7) is 0.345. The summed E-state index contributed by atoms with van der Waals surface area (Å²) in [5.74, 6) is -0.701. The van der Waals surface area contributed by atoms with Crippen LogP contribution in [-0.2, 0) is 20.4 Å². The molecule has 1 aliphatic rings. The molecule has 1 unspecified atom stereocenters. The predicted octanol–water partition coefficient (Wildman–Crippen LogP) is 0.906. The molecule has 5 nitrogen and oxygen atoms in total. The van der Waals surface area contributed by atoms with Crippen molar-refractivity contribution < 1.29 is 18.9 Å². The van der Waals surface area contributed by atoms with Gasteiger partial charge in [0.25, 0.3) is 0 Å².